The number of nitrogens with two attached hydrogens (primary N) is 2. The molecule has 0 aliphatic rings. The van der Waals surface area contributed by atoms with Crippen LogP contribution in [0.25, 0.3) is 0 Å². The first-order chi connectivity index (χ1) is 5.70. The third-order valence-corrected chi connectivity index (χ3v) is 1.75. The van der Waals surface area contributed by atoms with Gasteiger partial charge in [0.1, 0.15) is 6.23 Å². The summed E-state index contributed by atoms with van der Waals surface area (Å²) in [7, 11) is 0. The average Bonchev–Trinajstić information content (AvgIpc) is 2.06. The molecule has 3 heteroatoms. The molecule has 66 valence electrons. The van der Waals surface area contributed by atoms with E-state index in [1.807, 2.05) is 30.3 Å². The molecule has 0 aromatic heterocycles. The molecular formula is C9H14N2O. The Bertz CT molecular complexity index is 223. The molecule has 0 heterocycles. The van der Waals surface area contributed by atoms with E-state index in [2.05, 4.69) is 0 Å². The standard InChI is InChI=1S/C9H14N2O/c10-8(9(11)12)6-7-4-2-1-3-5-7/h1-5,8-9,12H,6,10-11H2. The van der Waals surface area contributed by atoms with Crippen molar-refractivity contribution in [3.8, 4) is 0 Å². The maximum atomic E-state index is 8.93. The van der Waals surface area contributed by atoms with Crippen LogP contribution in [0.3, 0.4) is 0 Å². The van der Waals surface area contributed by atoms with E-state index >= 15 is 0 Å². The second kappa shape index (κ2) is 4.21. The highest BCUT2D eigenvalue weighted by molar-refractivity contribution is 5.15. The summed E-state index contributed by atoms with van der Waals surface area (Å²) in [5.74, 6) is 0. The molecule has 1 aromatic rings. The van der Waals surface area contributed by atoms with Gasteiger partial charge in [0, 0.05) is 6.04 Å². The van der Waals surface area contributed by atoms with Gasteiger partial charge >= 0.3 is 0 Å². The molecule has 0 amide bonds. The zero-order chi connectivity index (χ0) is 8.97. The third kappa shape index (κ3) is 2.62. The summed E-state index contributed by atoms with van der Waals surface area (Å²) in [5, 5.41) is 8.93. The van der Waals surface area contributed by atoms with Crippen LogP contribution in [0.5, 0.6) is 0 Å². The predicted molar refractivity (Wildman–Crippen MR) is 48.3 cm³/mol. The van der Waals surface area contributed by atoms with E-state index in [1.165, 1.54) is 0 Å². The van der Waals surface area contributed by atoms with Crippen LogP contribution in [0.15, 0.2) is 30.3 Å². The van der Waals surface area contributed by atoms with Gasteiger partial charge in [0.2, 0.25) is 0 Å². The fraction of sp³-hybridized carbons (Fsp3) is 0.333. The van der Waals surface area contributed by atoms with Gasteiger partial charge in [-0.2, -0.15) is 0 Å². The lowest BCUT2D eigenvalue weighted by molar-refractivity contribution is 0.151. The largest absolute Gasteiger partial charge is 0.377 e. The summed E-state index contributed by atoms with van der Waals surface area (Å²) in [4.78, 5) is 0. The van der Waals surface area contributed by atoms with Crippen LogP contribution in [0.2, 0.25) is 0 Å². The lowest BCUT2D eigenvalue weighted by atomic mass is 10.1. The van der Waals surface area contributed by atoms with E-state index in [0.717, 1.165) is 5.56 Å². The van der Waals surface area contributed by atoms with E-state index in [9.17, 15) is 0 Å². The number of aliphatic hydroxyl groups excluding tert-OH is 1. The van der Waals surface area contributed by atoms with Crippen LogP contribution in [0, 0.1) is 0 Å². The second-order valence-electron chi connectivity index (χ2n) is 2.84. The molecule has 0 saturated carbocycles. The first-order valence-electron chi connectivity index (χ1n) is 3.93. The van der Waals surface area contributed by atoms with Gasteiger partial charge in [-0.25, -0.2) is 0 Å². The third-order valence-electron chi connectivity index (χ3n) is 1.75. The van der Waals surface area contributed by atoms with Crippen molar-refractivity contribution in [3.63, 3.8) is 0 Å². The summed E-state index contributed by atoms with van der Waals surface area (Å²) < 4.78 is 0. The lowest BCUT2D eigenvalue weighted by Crippen LogP contribution is -2.42. The van der Waals surface area contributed by atoms with E-state index in [1.54, 1.807) is 0 Å². The van der Waals surface area contributed by atoms with Gasteiger partial charge in [-0.05, 0) is 12.0 Å². The normalized spacial score (nSPS) is 15.6. The summed E-state index contributed by atoms with van der Waals surface area (Å²) in [6.45, 7) is 0. The smallest absolute Gasteiger partial charge is 0.118 e. The van der Waals surface area contributed by atoms with Crippen LogP contribution < -0.4 is 11.5 Å². The van der Waals surface area contributed by atoms with Crippen molar-refractivity contribution in [2.75, 3.05) is 0 Å². The zero-order valence-electron chi connectivity index (χ0n) is 6.85. The first kappa shape index (κ1) is 9.19. The van der Waals surface area contributed by atoms with Gasteiger partial charge in [-0.15, -0.1) is 0 Å². The molecule has 0 spiro atoms. The van der Waals surface area contributed by atoms with Crippen molar-refractivity contribution >= 4 is 0 Å². The molecule has 1 rings (SSSR count). The first-order valence-corrected chi connectivity index (χ1v) is 3.93. The minimum absolute atomic E-state index is 0.382. The van der Waals surface area contributed by atoms with Crippen LogP contribution in [-0.2, 0) is 6.42 Å². The number of aliphatic hydroxyl groups is 1. The number of hydrogen-bond acceptors (Lipinski definition) is 3. The monoisotopic (exact) mass is 166 g/mol. The molecule has 0 fully saturated rings. The van der Waals surface area contributed by atoms with Gasteiger partial charge in [-0.1, -0.05) is 30.3 Å². The highest BCUT2D eigenvalue weighted by Gasteiger charge is 2.09. The highest BCUT2D eigenvalue weighted by atomic mass is 16.3. The van der Waals surface area contributed by atoms with Crippen LogP contribution in [-0.4, -0.2) is 17.4 Å². The molecule has 0 aliphatic heterocycles. The Hall–Kier alpha value is -0.900. The van der Waals surface area contributed by atoms with Crippen LogP contribution in [0.4, 0.5) is 0 Å². The Labute approximate surface area is 72.0 Å². The van der Waals surface area contributed by atoms with Gasteiger partial charge in [0.05, 0.1) is 0 Å². The van der Waals surface area contributed by atoms with E-state index in [0.29, 0.717) is 6.42 Å². The summed E-state index contributed by atoms with van der Waals surface area (Å²) in [5.41, 5.74) is 11.9. The van der Waals surface area contributed by atoms with Crippen molar-refractivity contribution in [1.29, 1.82) is 0 Å². The van der Waals surface area contributed by atoms with Crippen LogP contribution in [0.1, 0.15) is 5.56 Å². The minimum atomic E-state index is -0.940. The molecular weight excluding hydrogens is 152 g/mol. The average molecular weight is 166 g/mol. The van der Waals surface area contributed by atoms with Gasteiger partial charge < -0.3 is 16.6 Å². The van der Waals surface area contributed by atoms with Crippen molar-refractivity contribution in [1.82, 2.24) is 0 Å². The summed E-state index contributed by atoms with van der Waals surface area (Å²) in [6, 6.07) is 9.35. The molecule has 0 aliphatic carbocycles. The number of benzene rings is 1. The predicted octanol–water partition coefficient (Wildman–Crippen LogP) is -0.166. The Morgan fingerprint density at radius 1 is 1.17 bits per heavy atom. The SMILES string of the molecule is NC(O)C(N)Cc1ccccc1. The molecule has 0 bridgehead atoms. The van der Waals surface area contributed by atoms with E-state index < -0.39 is 6.23 Å². The maximum Gasteiger partial charge on any atom is 0.118 e. The van der Waals surface area contributed by atoms with Crippen LogP contribution >= 0.6 is 0 Å². The summed E-state index contributed by atoms with van der Waals surface area (Å²) >= 11 is 0. The maximum absolute atomic E-state index is 8.93. The van der Waals surface area contributed by atoms with Gasteiger partial charge in [0.25, 0.3) is 0 Å². The zero-order valence-corrected chi connectivity index (χ0v) is 6.85. The van der Waals surface area contributed by atoms with Crippen molar-refractivity contribution in [3.05, 3.63) is 35.9 Å². The molecule has 2 atom stereocenters. The summed E-state index contributed by atoms with van der Waals surface area (Å²) in [6.07, 6.45) is -0.330. The Morgan fingerprint density at radius 3 is 2.25 bits per heavy atom. The Kier molecular flexibility index (Phi) is 3.22. The molecule has 0 saturated heterocycles. The molecule has 12 heavy (non-hydrogen) atoms. The lowest BCUT2D eigenvalue weighted by Gasteiger charge is -2.13. The molecule has 1 aromatic carbocycles. The van der Waals surface area contributed by atoms with E-state index in [-0.39, 0.29) is 6.04 Å². The fourth-order valence-electron chi connectivity index (χ4n) is 1.01. The topological polar surface area (TPSA) is 72.3 Å². The molecule has 3 nitrogen and oxygen atoms in total. The quantitative estimate of drug-likeness (QED) is 0.546. The Morgan fingerprint density at radius 2 is 1.75 bits per heavy atom. The van der Waals surface area contributed by atoms with Crippen molar-refractivity contribution in [2.24, 2.45) is 11.5 Å². The molecule has 2 unspecified atom stereocenters. The van der Waals surface area contributed by atoms with Crippen molar-refractivity contribution in [2.45, 2.75) is 18.7 Å². The van der Waals surface area contributed by atoms with Gasteiger partial charge in [0.15, 0.2) is 0 Å². The van der Waals surface area contributed by atoms with Gasteiger partial charge in [-0.3, -0.25) is 0 Å². The number of hydrogen-bond donors (Lipinski definition) is 3. The van der Waals surface area contributed by atoms with Crippen molar-refractivity contribution < 1.29 is 5.11 Å². The highest BCUT2D eigenvalue weighted by Crippen LogP contribution is 2.02. The molecule has 0 radical (unpaired) electrons. The molecule has 5 N–H and O–H groups in total. The minimum Gasteiger partial charge on any atom is -0.377 e. The number of rotatable bonds is 3. The van der Waals surface area contributed by atoms with E-state index in [4.69, 9.17) is 16.6 Å². The second-order valence-corrected chi connectivity index (χ2v) is 2.84. The Balaban J connectivity index is 2.53. The fourth-order valence-corrected chi connectivity index (χ4v) is 1.01.